The molecule has 0 amide bonds. The van der Waals surface area contributed by atoms with Crippen LogP contribution in [0.1, 0.15) is 17.2 Å². The lowest BCUT2D eigenvalue weighted by atomic mass is 10.1. The zero-order chi connectivity index (χ0) is 15.5. The van der Waals surface area contributed by atoms with Gasteiger partial charge in [0.05, 0.1) is 17.5 Å². The standard InChI is InChI=1S/C15H18N2O3S/c1-11-9-13(16)7-8-15(11)21(19,20)17-14(10-18)12-5-3-2-4-6-12/h2-9,14,17-18H,10,16H2,1H3/t14-/m1/s1. The zero-order valence-corrected chi connectivity index (χ0v) is 12.5. The number of aryl methyl sites for hydroxylation is 1. The van der Waals surface area contributed by atoms with Gasteiger partial charge in [-0.1, -0.05) is 30.3 Å². The molecular formula is C15H18N2O3S. The summed E-state index contributed by atoms with van der Waals surface area (Å²) in [6, 6.07) is 12.9. The Balaban J connectivity index is 2.32. The predicted octanol–water partition coefficient (Wildman–Crippen LogP) is 1.59. The molecule has 0 fully saturated rings. The van der Waals surface area contributed by atoms with Gasteiger partial charge in [0, 0.05) is 5.69 Å². The van der Waals surface area contributed by atoms with Gasteiger partial charge in [-0.15, -0.1) is 0 Å². The van der Waals surface area contributed by atoms with Crippen molar-refractivity contribution in [3.05, 3.63) is 59.7 Å². The lowest BCUT2D eigenvalue weighted by molar-refractivity contribution is 0.259. The highest BCUT2D eigenvalue weighted by atomic mass is 32.2. The average Bonchev–Trinajstić information content (AvgIpc) is 2.45. The summed E-state index contributed by atoms with van der Waals surface area (Å²) in [5.41, 5.74) is 7.41. The molecule has 0 spiro atoms. The quantitative estimate of drug-likeness (QED) is 0.731. The van der Waals surface area contributed by atoms with Crippen molar-refractivity contribution >= 4 is 15.7 Å². The summed E-state index contributed by atoms with van der Waals surface area (Å²) in [6.07, 6.45) is 0. The van der Waals surface area contributed by atoms with E-state index in [2.05, 4.69) is 4.72 Å². The second-order valence-corrected chi connectivity index (χ2v) is 6.47. The van der Waals surface area contributed by atoms with Crippen molar-refractivity contribution in [2.24, 2.45) is 0 Å². The van der Waals surface area contributed by atoms with E-state index in [0.29, 0.717) is 16.8 Å². The molecule has 0 heterocycles. The maximum atomic E-state index is 12.4. The number of hydrogen-bond donors (Lipinski definition) is 3. The summed E-state index contributed by atoms with van der Waals surface area (Å²) in [6.45, 7) is 1.36. The van der Waals surface area contributed by atoms with Crippen LogP contribution in [0.25, 0.3) is 0 Å². The molecule has 6 heteroatoms. The summed E-state index contributed by atoms with van der Waals surface area (Å²) < 4.78 is 27.4. The van der Waals surface area contributed by atoms with E-state index < -0.39 is 16.1 Å². The van der Waals surface area contributed by atoms with Crippen LogP contribution in [0.4, 0.5) is 5.69 Å². The molecule has 0 unspecified atom stereocenters. The Bertz CT molecular complexity index is 715. The third kappa shape index (κ3) is 3.60. The van der Waals surface area contributed by atoms with Crippen molar-refractivity contribution in [1.29, 1.82) is 0 Å². The maximum Gasteiger partial charge on any atom is 0.241 e. The molecule has 1 atom stereocenters. The van der Waals surface area contributed by atoms with Crippen molar-refractivity contribution < 1.29 is 13.5 Å². The third-order valence-electron chi connectivity index (χ3n) is 3.17. The molecule has 112 valence electrons. The molecule has 5 nitrogen and oxygen atoms in total. The first kappa shape index (κ1) is 15.5. The number of rotatable bonds is 5. The second-order valence-electron chi connectivity index (χ2n) is 4.79. The smallest absolute Gasteiger partial charge is 0.241 e. The Morgan fingerprint density at radius 2 is 1.86 bits per heavy atom. The van der Waals surface area contributed by atoms with Crippen molar-refractivity contribution in [3.8, 4) is 0 Å². The van der Waals surface area contributed by atoms with Gasteiger partial charge in [-0.2, -0.15) is 0 Å². The molecule has 0 aliphatic rings. The number of anilines is 1. The lowest BCUT2D eigenvalue weighted by Gasteiger charge is -2.18. The van der Waals surface area contributed by atoms with E-state index in [0.717, 1.165) is 0 Å². The minimum Gasteiger partial charge on any atom is -0.399 e. The minimum atomic E-state index is -3.73. The van der Waals surface area contributed by atoms with Crippen LogP contribution >= 0.6 is 0 Å². The number of nitrogens with one attached hydrogen (secondary N) is 1. The highest BCUT2D eigenvalue weighted by molar-refractivity contribution is 7.89. The van der Waals surface area contributed by atoms with E-state index in [1.807, 2.05) is 6.07 Å². The molecule has 4 N–H and O–H groups in total. The van der Waals surface area contributed by atoms with Gasteiger partial charge in [0.1, 0.15) is 0 Å². The van der Waals surface area contributed by atoms with E-state index in [4.69, 9.17) is 5.73 Å². The van der Waals surface area contributed by atoms with E-state index >= 15 is 0 Å². The highest BCUT2D eigenvalue weighted by Gasteiger charge is 2.22. The molecule has 2 rings (SSSR count). The van der Waals surface area contributed by atoms with Crippen LogP contribution in [0.2, 0.25) is 0 Å². The third-order valence-corrected chi connectivity index (χ3v) is 4.80. The topological polar surface area (TPSA) is 92.4 Å². The van der Waals surface area contributed by atoms with Crippen LogP contribution in [0.5, 0.6) is 0 Å². The van der Waals surface area contributed by atoms with Crippen molar-refractivity contribution in [2.75, 3.05) is 12.3 Å². The van der Waals surface area contributed by atoms with Crippen molar-refractivity contribution in [3.63, 3.8) is 0 Å². The fourth-order valence-corrected chi connectivity index (χ4v) is 3.56. The van der Waals surface area contributed by atoms with E-state index in [9.17, 15) is 13.5 Å². The maximum absolute atomic E-state index is 12.4. The Morgan fingerprint density at radius 3 is 2.43 bits per heavy atom. The number of benzene rings is 2. The van der Waals surface area contributed by atoms with Gasteiger partial charge >= 0.3 is 0 Å². The first-order valence-electron chi connectivity index (χ1n) is 6.48. The minimum absolute atomic E-state index is 0.158. The Kier molecular flexibility index (Phi) is 4.62. The summed E-state index contributed by atoms with van der Waals surface area (Å²) in [5.74, 6) is 0. The summed E-state index contributed by atoms with van der Waals surface area (Å²) in [5, 5.41) is 9.46. The molecule has 2 aromatic carbocycles. The molecule has 2 aromatic rings. The molecular weight excluding hydrogens is 288 g/mol. The first-order chi connectivity index (χ1) is 9.94. The average molecular weight is 306 g/mol. The Morgan fingerprint density at radius 1 is 1.19 bits per heavy atom. The van der Waals surface area contributed by atoms with Crippen LogP contribution in [-0.2, 0) is 10.0 Å². The van der Waals surface area contributed by atoms with E-state index in [1.54, 1.807) is 37.3 Å². The van der Waals surface area contributed by atoms with Gasteiger partial charge in [0.25, 0.3) is 0 Å². The summed E-state index contributed by atoms with van der Waals surface area (Å²) in [4.78, 5) is 0.158. The zero-order valence-electron chi connectivity index (χ0n) is 11.7. The normalized spacial score (nSPS) is 13.0. The van der Waals surface area contributed by atoms with Gasteiger partial charge in [-0.25, -0.2) is 13.1 Å². The number of nitrogens with two attached hydrogens (primary N) is 1. The monoisotopic (exact) mass is 306 g/mol. The molecule has 0 saturated carbocycles. The van der Waals surface area contributed by atoms with Crippen LogP contribution in [-0.4, -0.2) is 20.1 Å². The van der Waals surface area contributed by atoms with Crippen molar-refractivity contribution in [1.82, 2.24) is 4.72 Å². The molecule has 21 heavy (non-hydrogen) atoms. The molecule has 0 aromatic heterocycles. The predicted molar refractivity (Wildman–Crippen MR) is 82.2 cm³/mol. The van der Waals surface area contributed by atoms with E-state index in [-0.39, 0.29) is 11.5 Å². The number of nitrogen functional groups attached to an aromatic ring is 1. The SMILES string of the molecule is Cc1cc(N)ccc1S(=O)(=O)N[C@H](CO)c1ccccc1. The Labute approximate surface area is 124 Å². The number of hydrogen-bond acceptors (Lipinski definition) is 4. The largest absolute Gasteiger partial charge is 0.399 e. The highest BCUT2D eigenvalue weighted by Crippen LogP contribution is 2.21. The molecule has 0 saturated heterocycles. The number of aliphatic hydroxyl groups is 1. The lowest BCUT2D eigenvalue weighted by Crippen LogP contribution is -2.31. The van der Waals surface area contributed by atoms with Crippen molar-refractivity contribution in [2.45, 2.75) is 17.9 Å². The number of aliphatic hydroxyl groups excluding tert-OH is 1. The first-order valence-corrected chi connectivity index (χ1v) is 7.96. The van der Waals surface area contributed by atoms with Gasteiger partial charge < -0.3 is 10.8 Å². The van der Waals surface area contributed by atoms with Gasteiger partial charge in [-0.3, -0.25) is 0 Å². The summed E-state index contributed by atoms with van der Waals surface area (Å²) >= 11 is 0. The van der Waals surface area contributed by atoms with Gasteiger partial charge in [0.15, 0.2) is 0 Å². The summed E-state index contributed by atoms with van der Waals surface area (Å²) in [7, 11) is -3.73. The van der Waals surface area contributed by atoms with Crippen LogP contribution in [0.15, 0.2) is 53.4 Å². The number of sulfonamides is 1. The molecule has 0 radical (unpaired) electrons. The Hall–Kier alpha value is -1.89. The fourth-order valence-electron chi connectivity index (χ4n) is 2.12. The second kappa shape index (κ2) is 6.26. The van der Waals surface area contributed by atoms with E-state index in [1.165, 1.54) is 12.1 Å². The van der Waals surface area contributed by atoms with Gasteiger partial charge in [0.2, 0.25) is 10.0 Å². The van der Waals surface area contributed by atoms with Crippen LogP contribution in [0.3, 0.4) is 0 Å². The fraction of sp³-hybridized carbons (Fsp3) is 0.200. The van der Waals surface area contributed by atoms with Gasteiger partial charge in [-0.05, 0) is 36.2 Å². The van der Waals surface area contributed by atoms with Crippen LogP contribution in [0, 0.1) is 6.92 Å². The molecule has 0 bridgehead atoms. The van der Waals surface area contributed by atoms with Crippen LogP contribution < -0.4 is 10.5 Å². The molecule has 0 aliphatic carbocycles. The molecule has 0 aliphatic heterocycles.